The molecule has 1 aromatic rings. The van der Waals surface area contributed by atoms with E-state index in [4.69, 9.17) is 23.2 Å². The second-order valence-electron chi connectivity index (χ2n) is 5.71. The summed E-state index contributed by atoms with van der Waals surface area (Å²) in [6.07, 6.45) is 4.99. The molecule has 0 aromatic heterocycles. The predicted octanol–water partition coefficient (Wildman–Crippen LogP) is 4.20. The van der Waals surface area contributed by atoms with E-state index in [0.717, 1.165) is 31.7 Å². The van der Waals surface area contributed by atoms with Crippen LogP contribution in [0.5, 0.6) is 0 Å². The summed E-state index contributed by atoms with van der Waals surface area (Å²) in [6.45, 7) is 4.33. The number of nitrogens with zero attached hydrogens (tertiary/aromatic N) is 2. The van der Waals surface area contributed by atoms with E-state index in [1.165, 1.54) is 25.8 Å². The molecule has 3 rings (SSSR count). The van der Waals surface area contributed by atoms with Crippen LogP contribution in [0.25, 0.3) is 0 Å². The fourth-order valence-corrected chi connectivity index (χ4v) is 3.81. The van der Waals surface area contributed by atoms with Crippen molar-refractivity contribution in [1.29, 1.82) is 0 Å². The monoisotopic (exact) mass is 316 g/mol. The molecule has 1 unspecified atom stereocenters. The van der Waals surface area contributed by atoms with E-state index in [2.05, 4.69) is 9.80 Å². The number of hydrogen-bond donors (Lipinski definition) is 0. The Morgan fingerprint density at radius 1 is 1.00 bits per heavy atom. The Labute approximate surface area is 129 Å². The van der Waals surface area contributed by atoms with Crippen LogP contribution in [0.1, 0.15) is 25.7 Å². The SMILES string of the molecule is Fc1c(Cl)cc(N2CCCN3CCCCC3C2)cc1Cl. The number of piperidine rings is 1. The van der Waals surface area contributed by atoms with Gasteiger partial charge in [-0.3, -0.25) is 4.90 Å². The Morgan fingerprint density at radius 2 is 1.70 bits per heavy atom. The molecule has 110 valence electrons. The molecule has 2 fully saturated rings. The van der Waals surface area contributed by atoms with Crippen molar-refractivity contribution in [3.05, 3.63) is 28.0 Å². The lowest BCUT2D eigenvalue weighted by atomic mass is 10.0. The van der Waals surface area contributed by atoms with E-state index >= 15 is 0 Å². The smallest absolute Gasteiger partial charge is 0.160 e. The van der Waals surface area contributed by atoms with E-state index in [1.54, 1.807) is 12.1 Å². The average Bonchev–Trinajstić information content (AvgIpc) is 2.66. The molecule has 1 aromatic carbocycles. The minimum atomic E-state index is -0.522. The number of fused-ring (bicyclic) bond motifs is 1. The summed E-state index contributed by atoms with van der Waals surface area (Å²) in [6, 6.07) is 4.00. The van der Waals surface area contributed by atoms with Crippen molar-refractivity contribution in [2.45, 2.75) is 31.7 Å². The van der Waals surface area contributed by atoms with Gasteiger partial charge in [0.15, 0.2) is 5.82 Å². The van der Waals surface area contributed by atoms with Gasteiger partial charge in [0.05, 0.1) is 10.0 Å². The fourth-order valence-electron chi connectivity index (χ4n) is 3.33. The lowest BCUT2D eigenvalue weighted by Gasteiger charge is -2.36. The van der Waals surface area contributed by atoms with Gasteiger partial charge >= 0.3 is 0 Å². The predicted molar refractivity (Wildman–Crippen MR) is 82.5 cm³/mol. The van der Waals surface area contributed by atoms with Crippen LogP contribution in [0.2, 0.25) is 10.0 Å². The molecule has 0 spiro atoms. The minimum Gasteiger partial charge on any atom is -0.370 e. The number of rotatable bonds is 1. The van der Waals surface area contributed by atoms with Crippen molar-refractivity contribution in [3.63, 3.8) is 0 Å². The van der Waals surface area contributed by atoms with Gasteiger partial charge in [-0.05, 0) is 37.9 Å². The molecule has 1 atom stereocenters. The Bertz CT molecular complexity index is 472. The Hall–Kier alpha value is -0.510. The third-order valence-corrected chi connectivity index (χ3v) is 4.94. The molecule has 0 radical (unpaired) electrons. The van der Waals surface area contributed by atoms with Gasteiger partial charge in [-0.1, -0.05) is 29.6 Å². The van der Waals surface area contributed by atoms with Crippen LogP contribution < -0.4 is 4.90 Å². The first-order valence-corrected chi connectivity index (χ1v) is 8.04. The molecular formula is C15H19Cl2FN2. The summed E-state index contributed by atoms with van der Waals surface area (Å²) in [4.78, 5) is 4.89. The van der Waals surface area contributed by atoms with Gasteiger partial charge in [0.2, 0.25) is 0 Å². The molecular weight excluding hydrogens is 298 g/mol. The highest BCUT2D eigenvalue weighted by atomic mass is 35.5. The molecule has 2 nitrogen and oxygen atoms in total. The summed E-state index contributed by atoms with van der Waals surface area (Å²) in [5, 5.41) is 0.217. The van der Waals surface area contributed by atoms with Crippen molar-refractivity contribution < 1.29 is 4.39 Å². The maximum absolute atomic E-state index is 13.5. The lowest BCUT2D eigenvalue weighted by molar-refractivity contribution is 0.162. The Morgan fingerprint density at radius 3 is 2.45 bits per heavy atom. The Balaban J connectivity index is 1.82. The maximum atomic E-state index is 13.5. The van der Waals surface area contributed by atoms with Gasteiger partial charge in [-0.15, -0.1) is 0 Å². The molecule has 2 heterocycles. The summed E-state index contributed by atoms with van der Waals surface area (Å²) in [5.41, 5.74) is 0.939. The molecule has 0 aliphatic carbocycles. The van der Waals surface area contributed by atoms with Crippen LogP contribution in [-0.2, 0) is 0 Å². The van der Waals surface area contributed by atoms with Crippen LogP contribution in [0.3, 0.4) is 0 Å². The first kappa shape index (κ1) is 14.4. The van der Waals surface area contributed by atoms with Crippen LogP contribution in [-0.4, -0.2) is 37.1 Å². The van der Waals surface area contributed by atoms with E-state index < -0.39 is 5.82 Å². The molecule has 2 saturated heterocycles. The van der Waals surface area contributed by atoms with Crippen molar-refractivity contribution in [3.8, 4) is 0 Å². The average molecular weight is 317 g/mol. The minimum absolute atomic E-state index is 0.109. The standard InChI is InChI=1S/C15H19Cl2FN2/c16-13-8-12(9-14(17)15(13)18)20-7-3-6-19-5-2-1-4-11(19)10-20/h8-9,11H,1-7,10H2. The van der Waals surface area contributed by atoms with E-state index in [0.29, 0.717) is 6.04 Å². The van der Waals surface area contributed by atoms with Crippen molar-refractivity contribution in [2.75, 3.05) is 31.1 Å². The largest absolute Gasteiger partial charge is 0.370 e. The topological polar surface area (TPSA) is 6.48 Å². The normalized spacial score (nSPS) is 24.4. The molecule has 0 bridgehead atoms. The van der Waals surface area contributed by atoms with Gasteiger partial charge in [0.25, 0.3) is 0 Å². The molecule has 20 heavy (non-hydrogen) atoms. The highest BCUT2D eigenvalue weighted by Crippen LogP contribution is 2.31. The zero-order valence-electron chi connectivity index (χ0n) is 11.4. The second kappa shape index (κ2) is 6.08. The van der Waals surface area contributed by atoms with E-state index in [1.807, 2.05) is 0 Å². The molecule has 0 N–H and O–H groups in total. The van der Waals surface area contributed by atoms with Crippen LogP contribution >= 0.6 is 23.2 Å². The summed E-state index contributed by atoms with van der Waals surface area (Å²) >= 11 is 11.8. The lowest BCUT2D eigenvalue weighted by Crippen LogP contribution is -2.44. The number of halogens is 3. The first-order valence-electron chi connectivity index (χ1n) is 7.28. The molecule has 2 aliphatic heterocycles. The molecule has 2 aliphatic rings. The van der Waals surface area contributed by atoms with Gasteiger partial charge in [-0.25, -0.2) is 4.39 Å². The van der Waals surface area contributed by atoms with E-state index in [9.17, 15) is 4.39 Å². The molecule has 0 amide bonds. The van der Waals surface area contributed by atoms with Crippen molar-refractivity contribution in [2.24, 2.45) is 0 Å². The van der Waals surface area contributed by atoms with Gasteiger partial charge in [-0.2, -0.15) is 0 Å². The molecule has 0 saturated carbocycles. The van der Waals surface area contributed by atoms with Crippen LogP contribution in [0, 0.1) is 5.82 Å². The Kier molecular flexibility index (Phi) is 4.39. The number of anilines is 1. The molecule has 5 heteroatoms. The van der Waals surface area contributed by atoms with E-state index in [-0.39, 0.29) is 10.0 Å². The summed E-state index contributed by atoms with van der Waals surface area (Å²) in [7, 11) is 0. The third-order valence-electron chi connectivity index (χ3n) is 4.39. The summed E-state index contributed by atoms with van der Waals surface area (Å²) in [5.74, 6) is -0.522. The third kappa shape index (κ3) is 2.90. The van der Waals surface area contributed by atoms with Crippen molar-refractivity contribution in [1.82, 2.24) is 4.90 Å². The van der Waals surface area contributed by atoms with Crippen LogP contribution in [0.15, 0.2) is 12.1 Å². The fraction of sp³-hybridized carbons (Fsp3) is 0.600. The van der Waals surface area contributed by atoms with Gasteiger partial charge in [0.1, 0.15) is 0 Å². The highest BCUT2D eigenvalue weighted by molar-refractivity contribution is 6.35. The number of hydrogen-bond acceptors (Lipinski definition) is 2. The first-order chi connectivity index (χ1) is 9.65. The van der Waals surface area contributed by atoms with Crippen molar-refractivity contribution >= 4 is 28.9 Å². The van der Waals surface area contributed by atoms with Gasteiger partial charge in [0, 0.05) is 31.4 Å². The zero-order valence-corrected chi connectivity index (χ0v) is 12.9. The highest BCUT2D eigenvalue weighted by Gasteiger charge is 2.27. The second-order valence-corrected chi connectivity index (χ2v) is 6.52. The number of benzene rings is 1. The van der Waals surface area contributed by atoms with Crippen LogP contribution in [0.4, 0.5) is 10.1 Å². The maximum Gasteiger partial charge on any atom is 0.160 e. The zero-order chi connectivity index (χ0) is 14.1. The quantitative estimate of drug-likeness (QED) is 0.716. The summed E-state index contributed by atoms with van der Waals surface area (Å²) < 4.78 is 13.5. The van der Waals surface area contributed by atoms with Gasteiger partial charge < -0.3 is 4.90 Å².